The van der Waals surface area contributed by atoms with Gasteiger partial charge >= 0.3 is 0 Å². The second-order valence-electron chi connectivity index (χ2n) is 27.6. The van der Waals surface area contributed by atoms with E-state index in [1.165, 1.54) is 38.5 Å². The van der Waals surface area contributed by atoms with Crippen LogP contribution < -0.4 is 19.3 Å². The van der Waals surface area contributed by atoms with Crippen molar-refractivity contribution in [3.8, 4) is 56.0 Å². The summed E-state index contributed by atoms with van der Waals surface area (Å²) in [7, 11) is 0. The zero-order valence-corrected chi connectivity index (χ0v) is 61.4. The summed E-state index contributed by atoms with van der Waals surface area (Å²) in [6, 6.07) is 58.8. The topological polar surface area (TPSA) is 113 Å². The minimum absolute atomic E-state index is 0.113. The van der Waals surface area contributed by atoms with Gasteiger partial charge in [-0.1, -0.05) is 217 Å². The maximum absolute atomic E-state index is 15.8. The van der Waals surface area contributed by atoms with Crippen LogP contribution in [-0.2, 0) is 9.59 Å². The molecule has 0 saturated carbocycles. The highest BCUT2D eigenvalue weighted by Crippen LogP contribution is 2.53. The molecule has 0 N–H and O–H groups in total. The van der Waals surface area contributed by atoms with Crippen LogP contribution in [0.3, 0.4) is 0 Å². The highest BCUT2D eigenvalue weighted by Gasteiger charge is 2.50. The fraction of sp³-hybridized carbons (Fsp3) is 0.364. The Balaban J connectivity index is 0.842. The number of carbonyl (C=O) groups excluding carboxylic acids is 2. The summed E-state index contributed by atoms with van der Waals surface area (Å²) in [5, 5.41) is 21.4. The van der Waals surface area contributed by atoms with Crippen molar-refractivity contribution in [3.05, 3.63) is 201 Å². The summed E-state index contributed by atoms with van der Waals surface area (Å²) in [4.78, 5) is 44.0. The van der Waals surface area contributed by atoms with Gasteiger partial charge < -0.3 is 29.1 Å². The van der Waals surface area contributed by atoms with Gasteiger partial charge in [0, 0.05) is 35.9 Å². The van der Waals surface area contributed by atoms with E-state index >= 15 is 9.59 Å². The summed E-state index contributed by atoms with van der Waals surface area (Å²) >= 11 is 3.20. The number of para-hydroxylation sites is 4. The Morgan fingerprint density at radius 2 is 0.730 bits per heavy atom. The molecule has 4 atom stereocenters. The number of allylic oxidation sites excluding steroid dienone is 2. The molecule has 2 aromatic heterocycles. The maximum atomic E-state index is 15.8. The lowest BCUT2D eigenvalue weighted by atomic mass is 9.97. The van der Waals surface area contributed by atoms with Crippen LogP contribution in [0.4, 0.5) is 22.7 Å². The molecule has 0 radical (unpaired) electrons. The first-order chi connectivity index (χ1) is 48.9. The predicted molar refractivity (Wildman–Crippen MR) is 417 cm³/mol. The Morgan fingerprint density at radius 1 is 0.400 bits per heavy atom. The van der Waals surface area contributed by atoms with E-state index in [2.05, 4.69) is 187 Å². The van der Waals surface area contributed by atoms with Gasteiger partial charge in [-0.25, -0.2) is 0 Å². The van der Waals surface area contributed by atoms with Gasteiger partial charge in [0.1, 0.15) is 0 Å². The number of ether oxygens (including phenoxy) is 2. The third-order valence-electron chi connectivity index (χ3n) is 20.9. The van der Waals surface area contributed by atoms with Crippen molar-refractivity contribution >= 4 is 91.9 Å². The van der Waals surface area contributed by atoms with E-state index in [1.807, 2.05) is 70.5 Å². The van der Waals surface area contributed by atoms with E-state index in [0.29, 0.717) is 58.6 Å². The number of rotatable bonds is 32. The fourth-order valence-electron chi connectivity index (χ4n) is 14.8. The third kappa shape index (κ3) is 15.1. The number of amides is 2. The molecule has 4 aliphatic rings. The summed E-state index contributed by atoms with van der Waals surface area (Å²) in [5.41, 5.74) is 13.1. The number of fused-ring (bicyclic) bond motifs is 5. The van der Waals surface area contributed by atoms with Crippen molar-refractivity contribution in [2.24, 2.45) is 23.7 Å². The van der Waals surface area contributed by atoms with Crippen LogP contribution in [0.15, 0.2) is 169 Å². The maximum Gasteiger partial charge on any atom is 0.261 e. The Bertz CT molecular complexity index is 4170. The summed E-state index contributed by atoms with van der Waals surface area (Å²) in [6.07, 6.45) is 21.3. The number of nitrogens with zero attached hydrogens (tertiary/aromatic N) is 6. The molecule has 8 aromatic rings. The van der Waals surface area contributed by atoms with Gasteiger partial charge in [-0.3, -0.25) is 9.59 Å². The lowest BCUT2D eigenvalue weighted by molar-refractivity contribution is -0.124. The Hall–Kier alpha value is -9.20. The molecule has 0 fully saturated rings. The fourth-order valence-corrected chi connectivity index (χ4v) is 16.9. The zero-order chi connectivity index (χ0) is 69.8. The highest BCUT2D eigenvalue weighted by atomic mass is 32.1. The highest BCUT2D eigenvalue weighted by molar-refractivity contribution is 7.17. The summed E-state index contributed by atoms with van der Waals surface area (Å²) in [6.45, 7) is 20.8. The molecule has 4 unspecified atom stereocenters. The molecular weight excluding hydrogens is 1270 g/mol. The second kappa shape index (κ2) is 32.9. The molecule has 0 bridgehead atoms. The first-order valence-electron chi connectivity index (χ1n) is 37.1. The van der Waals surface area contributed by atoms with Gasteiger partial charge in [0.2, 0.25) is 0 Å². The van der Waals surface area contributed by atoms with E-state index in [0.717, 1.165) is 176 Å². The van der Waals surface area contributed by atoms with Crippen molar-refractivity contribution < 1.29 is 19.1 Å². The molecule has 100 heavy (non-hydrogen) atoms. The lowest BCUT2D eigenvalue weighted by Crippen LogP contribution is -2.34. The number of hydrogen-bond acceptors (Lipinski definition) is 10. The van der Waals surface area contributed by atoms with Crippen LogP contribution in [0.2, 0.25) is 0 Å². The summed E-state index contributed by atoms with van der Waals surface area (Å²) < 4.78 is 13.1. The molecule has 12 heteroatoms. The van der Waals surface area contributed by atoms with Gasteiger partial charge in [-0.05, 0) is 168 Å². The number of thiophene rings is 2. The number of anilines is 4. The number of benzene rings is 6. The average molecular weight is 1370 g/mol. The van der Waals surface area contributed by atoms with E-state index < -0.39 is 0 Å². The predicted octanol–water partition coefficient (Wildman–Crippen LogP) is 24.4. The van der Waals surface area contributed by atoms with Crippen LogP contribution in [0.1, 0.15) is 190 Å². The normalized spacial score (nSPS) is 15.4. The number of carbonyl (C=O) groups is 2. The van der Waals surface area contributed by atoms with Crippen molar-refractivity contribution in [2.45, 2.75) is 158 Å². The smallest absolute Gasteiger partial charge is 0.261 e. The molecule has 0 spiro atoms. The molecule has 514 valence electrons. The molecule has 0 saturated heterocycles. The van der Waals surface area contributed by atoms with E-state index in [1.54, 1.807) is 22.7 Å². The Morgan fingerprint density at radius 3 is 1.07 bits per heavy atom. The molecule has 4 aliphatic heterocycles. The molecule has 0 aliphatic carbocycles. The Kier molecular flexibility index (Phi) is 23.2. The van der Waals surface area contributed by atoms with Crippen molar-refractivity contribution in [1.82, 2.24) is 9.80 Å². The molecule has 2 amide bonds. The van der Waals surface area contributed by atoms with E-state index in [4.69, 9.17) is 9.47 Å². The SMILES string of the molecule is CCCCC(CC)CN1C(=O)C2=C(c3ccc(-c4ccc(/C(C#N)=C/c5ccc6c(c5)Oc5ccccc5N6CC(CC)CCCC)cc4)s3)N(CC(CC)CCCC)C(=O)C2=C1c1ccc(-c2ccc(/C(C#N)=C/c3ccc4c(c3)Oc3ccccc3N4CC(CC)CCCC)cc2)s1. The van der Waals surface area contributed by atoms with Gasteiger partial charge in [-0.15, -0.1) is 22.7 Å². The number of hydrogen-bond donors (Lipinski definition) is 0. The molecule has 6 heterocycles. The largest absolute Gasteiger partial charge is 0.453 e. The first-order valence-corrected chi connectivity index (χ1v) is 38.7. The quantitative estimate of drug-likeness (QED) is 0.0303. The van der Waals surface area contributed by atoms with Crippen molar-refractivity contribution in [2.75, 3.05) is 36.0 Å². The van der Waals surface area contributed by atoms with Gasteiger partial charge in [0.05, 0.1) is 78.3 Å². The van der Waals surface area contributed by atoms with Crippen LogP contribution in [0, 0.1) is 46.3 Å². The zero-order valence-electron chi connectivity index (χ0n) is 59.8. The van der Waals surface area contributed by atoms with E-state index in [9.17, 15) is 10.5 Å². The van der Waals surface area contributed by atoms with Crippen LogP contribution in [0.5, 0.6) is 23.0 Å². The van der Waals surface area contributed by atoms with Gasteiger partial charge in [-0.2, -0.15) is 10.5 Å². The second-order valence-corrected chi connectivity index (χ2v) is 29.7. The third-order valence-corrected chi connectivity index (χ3v) is 23.2. The van der Waals surface area contributed by atoms with Crippen LogP contribution in [-0.4, -0.2) is 47.8 Å². The molecule has 12 rings (SSSR count). The van der Waals surface area contributed by atoms with Crippen LogP contribution in [0.25, 0.3) is 55.6 Å². The van der Waals surface area contributed by atoms with E-state index in [-0.39, 0.29) is 23.7 Å². The van der Waals surface area contributed by atoms with Crippen LogP contribution >= 0.6 is 22.7 Å². The summed E-state index contributed by atoms with van der Waals surface area (Å²) in [5.74, 6) is 4.61. The van der Waals surface area contributed by atoms with Gasteiger partial charge in [0.15, 0.2) is 23.0 Å². The minimum atomic E-state index is -0.113. The molecule has 10 nitrogen and oxygen atoms in total. The first kappa shape index (κ1) is 70.7. The van der Waals surface area contributed by atoms with Crippen molar-refractivity contribution in [1.29, 1.82) is 10.5 Å². The molecule has 6 aromatic carbocycles. The number of nitriles is 2. The lowest BCUT2D eigenvalue weighted by Gasteiger charge is -2.35. The standard InChI is InChI=1S/C88H96N6O4S2/c1-9-17-25-59(13-5)55-91-71-29-21-23-31-75(71)97-77-51-63(33-43-73(77)91)49-69(53-89)65-35-39-67(40-36-65)79-45-47-81(99-79)85-83-84(88(96)93(85)57-61(15-7)27-19-11-3)86(94(87(83)95)58-62(16-8)28-20-12-4)82-48-46-80(100-82)68-41-37-66(38-42-68)70(54-90)50-64-34-44-74-78(52-64)98-76-32-24-22-30-72(76)92(74)56-60(14-6)26-18-10-2/h21-24,29-52,59-62H,9-20,25-28,55-58H2,1-8H3/b69-49+,70-50+. The average Bonchev–Trinajstić information content (AvgIpc) is 1.54. The van der Waals surface area contributed by atoms with Gasteiger partial charge in [0.25, 0.3) is 11.8 Å². The Labute approximate surface area is 602 Å². The molecular formula is C88H96N6O4S2. The van der Waals surface area contributed by atoms with Crippen molar-refractivity contribution in [3.63, 3.8) is 0 Å². The monoisotopic (exact) mass is 1360 g/mol. The minimum Gasteiger partial charge on any atom is -0.453 e. The number of unbranched alkanes of at least 4 members (excludes halogenated alkanes) is 4.